The highest BCUT2D eigenvalue weighted by Gasteiger charge is 2.30. The standard InChI is InChI=1S/C22H19F3N2O4S/c1-14-10-11-17(32(29,30)27-19-8-3-4-9-20(19)31-2)13-18(14)21(28)26-16-7-5-6-15(12-16)22(23,24)25/h3-13,27H,1-2H3,(H,26,28). The Hall–Kier alpha value is -3.53. The van der Waals surface area contributed by atoms with Gasteiger partial charge < -0.3 is 10.1 Å². The molecule has 1 amide bonds. The van der Waals surface area contributed by atoms with E-state index < -0.39 is 27.7 Å². The zero-order chi connectivity index (χ0) is 23.5. The van der Waals surface area contributed by atoms with Gasteiger partial charge in [0.1, 0.15) is 5.75 Å². The van der Waals surface area contributed by atoms with Gasteiger partial charge in [0, 0.05) is 11.3 Å². The van der Waals surface area contributed by atoms with Crippen LogP contribution in [0.2, 0.25) is 0 Å². The number of benzene rings is 3. The van der Waals surface area contributed by atoms with Crippen molar-refractivity contribution in [1.82, 2.24) is 0 Å². The number of anilines is 2. The van der Waals surface area contributed by atoms with Gasteiger partial charge in [-0.3, -0.25) is 9.52 Å². The average Bonchev–Trinajstić information content (AvgIpc) is 2.73. The van der Waals surface area contributed by atoms with Crippen LogP contribution < -0.4 is 14.8 Å². The fraction of sp³-hybridized carbons (Fsp3) is 0.136. The van der Waals surface area contributed by atoms with Gasteiger partial charge in [0.2, 0.25) is 0 Å². The lowest BCUT2D eigenvalue weighted by Gasteiger charge is -2.14. The molecule has 0 bridgehead atoms. The van der Waals surface area contributed by atoms with E-state index in [2.05, 4.69) is 10.0 Å². The lowest BCUT2D eigenvalue weighted by molar-refractivity contribution is -0.137. The zero-order valence-corrected chi connectivity index (χ0v) is 17.8. The number of halogens is 3. The number of nitrogens with one attached hydrogen (secondary N) is 2. The smallest absolute Gasteiger partial charge is 0.416 e. The molecule has 0 aliphatic rings. The number of amides is 1. The predicted octanol–water partition coefficient (Wildman–Crippen LogP) is 5.08. The van der Waals surface area contributed by atoms with Crippen LogP contribution in [-0.4, -0.2) is 21.4 Å². The summed E-state index contributed by atoms with van der Waals surface area (Å²) >= 11 is 0. The van der Waals surface area contributed by atoms with Crippen LogP contribution in [0.15, 0.2) is 71.6 Å². The maximum absolute atomic E-state index is 12.9. The second-order valence-corrected chi connectivity index (χ2v) is 8.50. The molecule has 2 N–H and O–H groups in total. The van der Waals surface area contributed by atoms with Gasteiger partial charge >= 0.3 is 6.18 Å². The highest BCUT2D eigenvalue weighted by molar-refractivity contribution is 7.92. The molecule has 3 aromatic carbocycles. The fourth-order valence-corrected chi connectivity index (χ4v) is 4.01. The molecule has 3 aromatic rings. The lowest BCUT2D eigenvalue weighted by Crippen LogP contribution is -2.17. The molecule has 0 radical (unpaired) electrons. The summed E-state index contributed by atoms with van der Waals surface area (Å²) in [5.41, 5.74) is -0.310. The number of hydrogen-bond donors (Lipinski definition) is 2. The van der Waals surface area contributed by atoms with Gasteiger partial charge in [-0.2, -0.15) is 13.2 Å². The van der Waals surface area contributed by atoms with E-state index in [0.29, 0.717) is 11.3 Å². The van der Waals surface area contributed by atoms with Crippen molar-refractivity contribution >= 4 is 27.3 Å². The summed E-state index contributed by atoms with van der Waals surface area (Å²) in [5.74, 6) is -0.429. The summed E-state index contributed by atoms with van der Waals surface area (Å²) in [4.78, 5) is 12.5. The largest absolute Gasteiger partial charge is 0.495 e. The van der Waals surface area contributed by atoms with E-state index in [1.165, 1.54) is 37.4 Å². The third kappa shape index (κ3) is 5.20. The second kappa shape index (κ2) is 8.91. The zero-order valence-electron chi connectivity index (χ0n) is 17.0. The van der Waals surface area contributed by atoms with Crippen molar-refractivity contribution in [2.45, 2.75) is 18.0 Å². The van der Waals surface area contributed by atoms with E-state index in [9.17, 15) is 26.4 Å². The van der Waals surface area contributed by atoms with E-state index >= 15 is 0 Å². The van der Waals surface area contributed by atoms with Gasteiger partial charge in [0.05, 0.1) is 23.3 Å². The minimum Gasteiger partial charge on any atom is -0.495 e. The molecule has 168 valence electrons. The Morgan fingerprint density at radius 3 is 2.38 bits per heavy atom. The van der Waals surface area contributed by atoms with Crippen molar-refractivity contribution in [2.24, 2.45) is 0 Å². The molecule has 3 rings (SSSR count). The summed E-state index contributed by atoms with van der Waals surface area (Å²) in [6.45, 7) is 1.59. The Kier molecular flexibility index (Phi) is 6.45. The third-order valence-corrected chi connectivity index (χ3v) is 5.93. The Morgan fingerprint density at radius 2 is 1.69 bits per heavy atom. The minimum absolute atomic E-state index is 0.00492. The van der Waals surface area contributed by atoms with Gasteiger partial charge in [-0.1, -0.05) is 24.3 Å². The van der Waals surface area contributed by atoms with Crippen LogP contribution >= 0.6 is 0 Å². The highest BCUT2D eigenvalue weighted by atomic mass is 32.2. The molecule has 0 unspecified atom stereocenters. The van der Waals surface area contributed by atoms with Gasteiger partial charge in [-0.05, 0) is 55.0 Å². The topological polar surface area (TPSA) is 84.5 Å². The van der Waals surface area contributed by atoms with E-state index in [1.54, 1.807) is 25.1 Å². The monoisotopic (exact) mass is 464 g/mol. The molecule has 0 atom stereocenters. The molecule has 0 spiro atoms. The normalized spacial score (nSPS) is 11.7. The Balaban J connectivity index is 1.89. The second-order valence-electron chi connectivity index (χ2n) is 6.82. The van der Waals surface area contributed by atoms with Crippen LogP contribution in [0.5, 0.6) is 5.75 Å². The Bertz CT molecular complexity index is 1260. The molecule has 32 heavy (non-hydrogen) atoms. The van der Waals surface area contributed by atoms with Gasteiger partial charge in [-0.25, -0.2) is 8.42 Å². The summed E-state index contributed by atoms with van der Waals surface area (Å²) in [6, 6.07) is 14.5. The number of aryl methyl sites for hydroxylation is 1. The predicted molar refractivity (Wildman–Crippen MR) is 114 cm³/mol. The molecule has 0 aliphatic carbocycles. The first kappa shape index (κ1) is 23.1. The van der Waals surface area contributed by atoms with Crippen molar-refractivity contribution in [1.29, 1.82) is 0 Å². The maximum Gasteiger partial charge on any atom is 0.416 e. The number of alkyl halides is 3. The molecule has 0 aliphatic heterocycles. The first-order valence-corrected chi connectivity index (χ1v) is 10.7. The number of rotatable bonds is 6. The van der Waals surface area contributed by atoms with Crippen LogP contribution in [0.4, 0.5) is 24.5 Å². The number of methoxy groups -OCH3 is 1. The van der Waals surface area contributed by atoms with E-state index in [1.807, 2.05) is 0 Å². The summed E-state index contributed by atoms with van der Waals surface area (Å²) in [5, 5.41) is 2.38. The minimum atomic E-state index is -4.56. The maximum atomic E-state index is 12.9. The average molecular weight is 464 g/mol. The van der Waals surface area contributed by atoms with Crippen LogP contribution in [0, 0.1) is 6.92 Å². The molecule has 0 saturated heterocycles. The molecule has 10 heteroatoms. The molecular weight excluding hydrogens is 445 g/mol. The van der Waals surface area contributed by atoms with Gasteiger partial charge in [0.15, 0.2) is 0 Å². The highest BCUT2D eigenvalue weighted by Crippen LogP contribution is 2.31. The summed E-state index contributed by atoms with van der Waals surface area (Å²) in [7, 11) is -2.68. The summed E-state index contributed by atoms with van der Waals surface area (Å²) in [6.07, 6.45) is -4.56. The van der Waals surface area contributed by atoms with Crippen molar-refractivity contribution < 1.29 is 31.1 Å². The number of sulfonamides is 1. The number of hydrogen-bond acceptors (Lipinski definition) is 4. The van der Waals surface area contributed by atoms with Gasteiger partial charge in [0.25, 0.3) is 15.9 Å². The Morgan fingerprint density at radius 1 is 0.969 bits per heavy atom. The molecule has 6 nitrogen and oxygen atoms in total. The van der Waals surface area contributed by atoms with Crippen molar-refractivity contribution in [3.8, 4) is 5.75 Å². The molecule has 0 heterocycles. The number of carbonyl (C=O) groups excluding carboxylic acids is 1. The van der Waals surface area contributed by atoms with Crippen molar-refractivity contribution in [3.05, 3.63) is 83.4 Å². The van der Waals surface area contributed by atoms with E-state index in [4.69, 9.17) is 4.74 Å². The van der Waals surface area contributed by atoms with Crippen LogP contribution in [0.25, 0.3) is 0 Å². The summed E-state index contributed by atoms with van der Waals surface area (Å²) < 4.78 is 72.0. The molecule has 0 aromatic heterocycles. The number of ether oxygens (including phenoxy) is 1. The SMILES string of the molecule is COc1ccccc1NS(=O)(=O)c1ccc(C)c(C(=O)Nc2cccc(C(F)(F)F)c2)c1. The van der Waals surface area contributed by atoms with E-state index in [0.717, 1.165) is 18.2 Å². The van der Waals surface area contributed by atoms with Crippen molar-refractivity contribution in [3.63, 3.8) is 0 Å². The van der Waals surface area contributed by atoms with Crippen molar-refractivity contribution in [2.75, 3.05) is 17.1 Å². The third-order valence-electron chi connectivity index (χ3n) is 4.56. The van der Waals surface area contributed by atoms with Gasteiger partial charge in [-0.15, -0.1) is 0 Å². The number of carbonyl (C=O) groups is 1. The number of para-hydroxylation sites is 2. The lowest BCUT2D eigenvalue weighted by atomic mass is 10.1. The van der Waals surface area contributed by atoms with E-state index in [-0.39, 0.29) is 21.8 Å². The van der Waals surface area contributed by atoms with Crippen LogP contribution in [-0.2, 0) is 16.2 Å². The van der Waals surface area contributed by atoms with Crippen LogP contribution in [0.3, 0.4) is 0 Å². The molecular formula is C22H19F3N2O4S. The first-order valence-electron chi connectivity index (χ1n) is 9.26. The molecule has 0 saturated carbocycles. The quantitative estimate of drug-likeness (QED) is 0.533. The van der Waals surface area contributed by atoms with Crippen LogP contribution in [0.1, 0.15) is 21.5 Å². The molecule has 0 fully saturated rings. The first-order chi connectivity index (χ1) is 15.0. The fourth-order valence-electron chi connectivity index (χ4n) is 2.92. The Labute approximate surface area is 183 Å².